The Morgan fingerprint density at radius 1 is 1.07 bits per heavy atom. The minimum Gasteiger partial charge on any atom is -0.333 e. The maximum Gasteiger partial charge on any atom is 0.272 e. The third kappa shape index (κ3) is 3.89. The lowest BCUT2D eigenvalue weighted by molar-refractivity contribution is 0.0728. The summed E-state index contributed by atoms with van der Waals surface area (Å²) >= 11 is 12.1. The number of hydrogen-bond acceptors (Lipinski definition) is 4. The predicted octanol–water partition coefficient (Wildman–Crippen LogP) is 4.73. The molecule has 1 amide bonds. The molecule has 27 heavy (non-hydrogen) atoms. The van der Waals surface area contributed by atoms with Crippen LogP contribution in [0.25, 0.3) is 0 Å². The summed E-state index contributed by atoms with van der Waals surface area (Å²) in [5.41, 5.74) is 3.44. The van der Waals surface area contributed by atoms with Gasteiger partial charge in [-0.05, 0) is 41.8 Å². The largest absolute Gasteiger partial charge is 0.333 e. The highest BCUT2D eigenvalue weighted by Gasteiger charge is 2.22. The number of nitrogens with zero attached hydrogens (tertiary/aromatic N) is 3. The molecule has 5 nitrogen and oxygen atoms in total. The van der Waals surface area contributed by atoms with Crippen LogP contribution in [0.15, 0.2) is 54.7 Å². The average molecular weight is 399 g/mol. The van der Waals surface area contributed by atoms with Crippen molar-refractivity contribution in [1.29, 1.82) is 0 Å². The van der Waals surface area contributed by atoms with Gasteiger partial charge in [0, 0.05) is 24.3 Å². The molecular formula is C20H16Cl2N4O. The Balaban J connectivity index is 1.53. The molecular weight excluding hydrogens is 383 g/mol. The molecule has 0 saturated heterocycles. The van der Waals surface area contributed by atoms with E-state index in [0.717, 1.165) is 6.42 Å². The van der Waals surface area contributed by atoms with Crippen molar-refractivity contribution in [3.05, 3.63) is 81.6 Å². The van der Waals surface area contributed by atoms with Gasteiger partial charge in [0.2, 0.25) is 5.95 Å². The number of amides is 1. The molecule has 0 spiro atoms. The first-order chi connectivity index (χ1) is 13.1. The molecule has 0 fully saturated rings. The van der Waals surface area contributed by atoms with Gasteiger partial charge in [0.1, 0.15) is 5.69 Å². The van der Waals surface area contributed by atoms with Crippen LogP contribution in [0.2, 0.25) is 10.0 Å². The van der Waals surface area contributed by atoms with E-state index in [2.05, 4.69) is 27.4 Å². The number of carbonyl (C=O) groups is 1. The maximum atomic E-state index is 12.9. The summed E-state index contributed by atoms with van der Waals surface area (Å²) < 4.78 is 0. The fourth-order valence-corrected chi connectivity index (χ4v) is 3.54. The predicted molar refractivity (Wildman–Crippen MR) is 107 cm³/mol. The van der Waals surface area contributed by atoms with Crippen molar-refractivity contribution in [3.63, 3.8) is 0 Å². The first-order valence-corrected chi connectivity index (χ1v) is 9.27. The number of benzene rings is 2. The van der Waals surface area contributed by atoms with Gasteiger partial charge in [-0.1, -0.05) is 47.5 Å². The zero-order chi connectivity index (χ0) is 18.8. The summed E-state index contributed by atoms with van der Waals surface area (Å²) in [6, 6.07) is 14.9. The van der Waals surface area contributed by atoms with Crippen LogP contribution in [-0.2, 0) is 13.0 Å². The van der Waals surface area contributed by atoms with E-state index in [0.29, 0.717) is 40.5 Å². The van der Waals surface area contributed by atoms with Crippen LogP contribution >= 0.6 is 23.2 Å². The van der Waals surface area contributed by atoms with Crippen LogP contribution in [0, 0.1) is 0 Å². The molecule has 0 unspecified atom stereocenters. The second-order valence-corrected chi connectivity index (χ2v) is 7.10. The summed E-state index contributed by atoms with van der Waals surface area (Å²) in [5, 5.41) is 4.03. The smallest absolute Gasteiger partial charge is 0.272 e. The van der Waals surface area contributed by atoms with E-state index in [1.807, 2.05) is 17.0 Å². The molecule has 0 aliphatic carbocycles. The van der Waals surface area contributed by atoms with Gasteiger partial charge in [0.15, 0.2) is 0 Å². The highest BCUT2D eigenvalue weighted by atomic mass is 35.5. The van der Waals surface area contributed by atoms with Crippen LogP contribution in [0.5, 0.6) is 0 Å². The summed E-state index contributed by atoms with van der Waals surface area (Å²) in [4.78, 5) is 23.2. The Labute approximate surface area is 167 Å². The SMILES string of the molecule is O=C(c1ccnc(Nc2ccc(Cl)cc2Cl)n1)N1CCc2ccccc2C1. The molecule has 1 N–H and O–H groups in total. The van der Waals surface area contributed by atoms with Gasteiger partial charge in [0.25, 0.3) is 5.91 Å². The molecule has 0 radical (unpaired) electrons. The van der Waals surface area contributed by atoms with E-state index in [9.17, 15) is 4.79 Å². The lowest BCUT2D eigenvalue weighted by Gasteiger charge is -2.28. The fourth-order valence-electron chi connectivity index (χ4n) is 3.08. The second kappa shape index (κ2) is 7.55. The second-order valence-electron chi connectivity index (χ2n) is 6.26. The van der Waals surface area contributed by atoms with Crippen molar-refractivity contribution in [1.82, 2.24) is 14.9 Å². The van der Waals surface area contributed by atoms with Crippen molar-refractivity contribution in [3.8, 4) is 0 Å². The lowest BCUT2D eigenvalue weighted by atomic mass is 10.00. The minimum absolute atomic E-state index is 0.114. The van der Waals surface area contributed by atoms with E-state index in [4.69, 9.17) is 23.2 Å². The number of rotatable bonds is 3. The third-order valence-corrected chi connectivity index (χ3v) is 5.02. The van der Waals surface area contributed by atoms with Gasteiger partial charge in [-0.2, -0.15) is 0 Å². The number of anilines is 2. The maximum absolute atomic E-state index is 12.9. The summed E-state index contributed by atoms with van der Waals surface area (Å²) in [6.45, 7) is 1.26. The molecule has 1 aromatic heterocycles. The number of nitrogens with one attached hydrogen (secondary N) is 1. The quantitative estimate of drug-likeness (QED) is 0.692. The van der Waals surface area contributed by atoms with Gasteiger partial charge in [-0.25, -0.2) is 9.97 Å². The molecule has 1 aliphatic rings. The van der Waals surface area contributed by atoms with Crippen LogP contribution < -0.4 is 5.32 Å². The minimum atomic E-state index is -0.114. The molecule has 136 valence electrons. The van der Waals surface area contributed by atoms with Crippen molar-refractivity contribution >= 4 is 40.7 Å². The number of halogens is 2. The molecule has 0 atom stereocenters. The number of carbonyl (C=O) groups excluding carboxylic acids is 1. The summed E-state index contributed by atoms with van der Waals surface area (Å²) in [5.74, 6) is 0.194. The fraction of sp³-hybridized carbons (Fsp3) is 0.150. The van der Waals surface area contributed by atoms with E-state index in [1.165, 1.54) is 11.1 Å². The summed E-state index contributed by atoms with van der Waals surface area (Å²) in [6.07, 6.45) is 2.41. The van der Waals surface area contributed by atoms with Crippen LogP contribution in [0.1, 0.15) is 21.6 Å². The van der Waals surface area contributed by atoms with Gasteiger partial charge >= 0.3 is 0 Å². The van der Waals surface area contributed by atoms with E-state index < -0.39 is 0 Å². The van der Waals surface area contributed by atoms with Crippen molar-refractivity contribution in [2.45, 2.75) is 13.0 Å². The van der Waals surface area contributed by atoms with E-state index in [-0.39, 0.29) is 5.91 Å². The molecule has 1 aliphatic heterocycles. The highest BCUT2D eigenvalue weighted by molar-refractivity contribution is 6.36. The molecule has 0 saturated carbocycles. The number of fused-ring (bicyclic) bond motifs is 1. The topological polar surface area (TPSA) is 58.1 Å². The van der Waals surface area contributed by atoms with E-state index >= 15 is 0 Å². The zero-order valence-corrected chi connectivity index (χ0v) is 15.8. The first-order valence-electron chi connectivity index (χ1n) is 8.51. The Morgan fingerprint density at radius 2 is 1.89 bits per heavy atom. The molecule has 7 heteroatoms. The Kier molecular flexibility index (Phi) is 4.97. The molecule has 4 rings (SSSR count). The Hall–Kier alpha value is -2.63. The molecule has 0 bridgehead atoms. The van der Waals surface area contributed by atoms with Crippen LogP contribution in [0.4, 0.5) is 11.6 Å². The summed E-state index contributed by atoms with van der Waals surface area (Å²) in [7, 11) is 0. The standard InChI is InChI=1S/C20H16Cl2N4O/c21-15-5-6-17(16(22)11-15)24-20-23-9-7-18(25-20)19(27)26-10-8-13-3-1-2-4-14(13)12-26/h1-7,9,11H,8,10,12H2,(H,23,24,25). The van der Waals surface area contributed by atoms with Crippen molar-refractivity contribution < 1.29 is 4.79 Å². The van der Waals surface area contributed by atoms with E-state index in [1.54, 1.807) is 30.5 Å². The van der Waals surface area contributed by atoms with Crippen molar-refractivity contribution in [2.24, 2.45) is 0 Å². The number of aromatic nitrogens is 2. The molecule has 3 aromatic rings. The lowest BCUT2D eigenvalue weighted by Crippen LogP contribution is -2.36. The first kappa shape index (κ1) is 17.8. The van der Waals surface area contributed by atoms with Crippen LogP contribution in [-0.4, -0.2) is 27.3 Å². The molecule has 2 heterocycles. The van der Waals surface area contributed by atoms with Gasteiger partial charge < -0.3 is 10.2 Å². The van der Waals surface area contributed by atoms with Gasteiger partial charge in [0.05, 0.1) is 10.7 Å². The normalized spacial score (nSPS) is 13.2. The highest BCUT2D eigenvalue weighted by Crippen LogP contribution is 2.27. The Bertz CT molecular complexity index is 1010. The Morgan fingerprint density at radius 3 is 2.70 bits per heavy atom. The van der Waals surface area contributed by atoms with Gasteiger partial charge in [-0.15, -0.1) is 0 Å². The average Bonchev–Trinajstić information content (AvgIpc) is 2.69. The number of hydrogen-bond donors (Lipinski definition) is 1. The zero-order valence-electron chi connectivity index (χ0n) is 14.3. The van der Waals surface area contributed by atoms with Gasteiger partial charge in [-0.3, -0.25) is 4.79 Å². The van der Waals surface area contributed by atoms with Crippen molar-refractivity contribution in [2.75, 3.05) is 11.9 Å². The molecule has 2 aromatic carbocycles. The third-order valence-electron chi connectivity index (χ3n) is 4.47. The monoisotopic (exact) mass is 398 g/mol. The van der Waals surface area contributed by atoms with Crippen LogP contribution in [0.3, 0.4) is 0 Å².